The van der Waals surface area contributed by atoms with Gasteiger partial charge >= 0.3 is 0 Å². The first-order valence-electron chi connectivity index (χ1n) is 12.1. The van der Waals surface area contributed by atoms with E-state index in [0.717, 1.165) is 29.7 Å². The van der Waals surface area contributed by atoms with Gasteiger partial charge in [-0.3, -0.25) is 4.98 Å². The number of hydrogen-bond donors (Lipinski definition) is 1. The van der Waals surface area contributed by atoms with Crippen molar-refractivity contribution < 1.29 is 14.6 Å². The SMILES string of the molecule is Cc1ccnc(Cn2c(-c3ccc(OCCC(C)(C)O)cc3Cl)nc3c(OC4(C)CC4)ncnc32)c1. The maximum absolute atomic E-state index is 9.93. The first kappa shape index (κ1) is 24.5. The number of hydrogen-bond acceptors (Lipinski definition) is 7. The lowest BCUT2D eigenvalue weighted by atomic mass is 10.1. The van der Waals surface area contributed by atoms with Crippen LogP contribution in [-0.2, 0) is 6.54 Å². The predicted octanol–water partition coefficient (Wildman–Crippen LogP) is 5.37. The van der Waals surface area contributed by atoms with Crippen molar-refractivity contribution in [3.05, 3.63) is 59.1 Å². The van der Waals surface area contributed by atoms with E-state index in [1.165, 1.54) is 6.33 Å². The Bertz CT molecular complexity index is 1410. The molecule has 0 spiro atoms. The molecule has 3 heterocycles. The molecular formula is C27H30ClN5O3. The molecule has 8 nitrogen and oxygen atoms in total. The maximum atomic E-state index is 9.93. The van der Waals surface area contributed by atoms with Crippen LogP contribution in [-0.4, -0.2) is 47.4 Å². The first-order chi connectivity index (χ1) is 17.1. The molecule has 0 amide bonds. The highest BCUT2D eigenvalue weighted by molar-refractivity contribution is 6.33. The number of nitrogens with zero attached hydrogens (tertiary/aromatic N) is 5. The first-order valence-corrected chi connectivity index (χ1v) is 12.4. The van der Waals surface area contributed by atoms with Gasteiger partial charge in [0.15, 0.2) is 11.2 Å². The maximum Gasteiger partial charge on any atom is 0.245 e. The molecule has 0 atom stereocenters. The van der Waals surface area contributed by atoms with E-state index in [1.807, 2.05) is 35.8 Å². The molecule has 0 bridgehead atoms. The summed E-state index contributed by atoms with van der Waals surface area (Å²) in [5.41, 5.74) is 2.99. The number of benzene rings is 1. The summed E-state index contributed by atoms with van der Waals surface area (Å²) in [4.78, 5) is 18.4. The number of aliphatic hydroxyl groups is 1. The third kappa shape index (κ3) is 5.44. The van der Waals surface area contributed by atoms with Gasteiger partial charge in [0.2, 0.25) is 5.88 Å². The van der Waals surface area contributed by atoms with Crippen molar-refractivity contribution in [3.63, 3.8) is 0 Å². The minimum atomic E-state index is -0.795. The van der Waals surface area contributed by atoms with Crippen LogP contribution in [0, 0.1) is 6.92 Å². The second kappa shape index (κ2) is 9.33. The van der Waals surface area contributed by atoms with E-state index in [2.05, 4.69) is 21.9 Å². The summed E-state index contributed by atoms with van der Waals surface area (Å²) >= 11 is 6.75. The number of aromatic nitrogens is 5. The molecule has 3 aromatic heterocycles. The topological polar surface area (TPSA) is 95.2 Å². The third-order valence-electron chi connectivity index (χ3n) is 6.25. The van der Waals surface area contributed by atoms with Crippen LogP contribution < -0.4 is 9.47 Å². The smallest absolute Gasteiger partial charge is 0.245 e. The van der Waals surface area contributed by atoms with E-state index in [1.54, 1.807) is 26.1 Å². The van der Waals surface area contributed by atoms with E-state index in [-0.39, 0.29) is 5.60 Å². The van der Waals surface area contributed by atoms with Crippen molar-refractivity contribution >= 4 is 22.8 Å². The van der Waals surface area contributed by atoms with E-state index in [9.17, 15) is 5.11 Å². The molecule has 1 N–H and O–H groups in total. The number of imidazole rings is 1. The zero-order valence-electron chi connectivity index (χ0n) is 21.0. The second-order valence-corrected chi connectivity index (χ2v) is 10.7. The van der Waals surface area contributed by atoms with Crippen LogP contribution in [0.15, 0.2) is 42.9 Å². The summed E-state index contributed by atoms with van der Waals surface area (Å²) < 4.78 is 14.0. The molecule has 1 saturated carbocycles. The number of ether oxygens (including phenoxy) is 2. The number of rotatable bonds is 9. The van der Waals surface area contributed by atoms with Gasteiger partial charge in [-0.1, -0.05) is 11.6 Å². The van der Waals surface area contributed by atoms with E-state index >= 15 is 0 Å². The molecule has 188 valence electrons. The zero-order valence-corrected chi connectivity index (χ0v) is 21.7. The molecule has 0 saturated heterocycles. The van der Waals surface area contributed by atoms with Crippen molar-refractivity contribution in [2.75, 3.05) is 6.61 Å². The van der Waals surface area contributed by atoms with Gasteiger partial charge in [-0.2, -0.15) is 4.98 Å². The standard InChI is InChI=1S/C27H30ClN5O3/c1-17-7-11-29-18(13-17)15-33-23(20-6-5-19(14-21(20)28)35-12-10-26(2,3)34)32-22-24(33)30-16-31-25(22)36-27(4)8-9-27/h5-7,11,13-14,16,34H,8-10,12,15H2,1-4H3. The van der Waals surface area contributed by atoms with E-state index < -0.39 is 5.60 Å². The van der Waals surface area contributed by atoms with Gasteiger partial charge in [0, 0.05) is 18.2 Å². The molecule has 0 unspecified atom stereocenters. The highest BCUT2D eigenvalue weighted by Gasteiger charge is 2.41. The van der Waals surface area contributed by atoms with Gasteiger partial charge in [0.1, 0.15) is 23.5 Å². The Morgan fingerprint density at radius 1 is 1.14 bits per heavy atom. The van der Waals surface area contributed by atoms with Gasteiger partial charge < -0.3 is 19.1 Å². The van der Waals surface area contributed by atoms with Crippen LogP contribution in [0.25, 0.3) is 22.6 Å². The van der Waals surface area contributed by atoms with Crippen molar-refractivity contribution in [2.24, 2.45) is 0 Å². The van der Waals surface area contributed by atoms with Crippen molar-refractivity contribution in [2.45, 2.75) is 64.7 Å². The molecule has 1 aliphatic carbocycles. The summed E-state index contributed by atoms with van der Waals surface area (Å²) in [6.45, 7) is 8.46. The second-order valence-electron chi connectivity index (χ2n) is 10.3. The summed E-state index contributed by atoms with van der Waals surface area (Å²) in [5.74, 6) is 1.74. The molecule has 1 fully saturated rings. The van der Waals surface area contributed by atoms with Gasteiger partial charge in [-0.05, 0) is 76.4 Å². The highest BCUT2D eigenvalue weighted by Crippen LogP contribution is 2.41. The lowest BCUT2D eigenvalue weighted by molar-refractivity contribution is 0.0553. The number of pyridine rings is 1. The Labute approximate surface area is 215 Å². The normalized spacial score (nSPS) is 14.7. The average molecular weight is 508 g/mol. The molecule has 1 aromatic carbocycles. The van der Waals surface area contributed by atoms with Crippen molar-refractivity contribution in [1.82, 2.24) is 24.5 Å². The molecule has 4 aromatic rings. The van der Waals surface area contributed by atoms with Crippen LogP contribution in [0.3, 0.4) is 0 Å². The van der Waals surface area contributed by atoms with Crippen LogP contribution in [0.5, 0.6) is 11.6 Å². The molecule has 36 heavy (non-hydrogen) atoms. The van der Waals surface area contributed by atoms with Gasteiger partial charge in [-0.15, -0.1) is 0 Å². The van der Waals surface area contributed by atoms with Gasteiger partial charge in [-0.25, -0.2) is 9.97 Å². The Morgan fingerprint density at radius 3 is 2.64 bits per heavy atom. The quantitative estimate of drug-likeness (QED) is 0.325. The molecule has 0 radical (unpaired) electrons. The molecule has 9 heteroatoms. The minimum Gasteiger partial charge on any atom is -0.493 e. The lowest BCUT2D eigenvalue weighted by Gasteiger charge is -2.17. The number of aryl methyl sites for hydroxylation is 1. The van der Waals surface area contributed by atoms with Gasteiger partial charge in [0.05, 0.1) is 29.5 Å². The summed E-state index contributed by atoms with van der Waals surface area (Å²) in [6, 6.07) is 9.52. The monoisotopic (exact) mass is 507 g/mol. The molecule has 1 aliphatic rings. The Hall–Kier alpha value is -3.23. The lowest BCUT2D eigenvalue weighted by Crippen LogP contribution is -2.21. The molecule has 5 rings (SSSR count). The molecular weight excluding hydrogens is 478 g/mol. The summed E-state index contributed by atoms with van der Waals surface area (Å²) in [6.07, 6.45) is 5.79. The highest BCUT2D eigenvalue weighted by atomic mass is 35.5. The Kier molecular flexibility index (Phi) is 6.34. The minimum absolute atomic E-state index is 0.205. The van der Waals surface area contributed by atoms with E-state index in [4.69, 9.17) is 26.1 Å². The Morgan fingerprint density at radius 2 is 1.94 bits per heavy atom. The fourth-order valence-corrected chi connectivity index (χ4v) is 4.15. The van der Waals surface area contributed by atoms with Crippen LogP contribution in [0.4, 0.5) is 0 Å². The van der Waals surface area contributed by atoms with Crippen LogP contribution in [0.2, 0.25) is 5.02 Å². The average Bonchev–Trinajstić information content (AvgIpc) is 3.42. The van der Waals surface area contributed by atoms with E-state index in [0.29, 0.717) is 53.2 Å². The molecule has 0 aliphatic heterocycles. The summed E-state index contributed by atoms with van der Waals surface area (Å²) in [7, 11) is 0. The van der Waals surface area contributed by atoms with Crippen LogP contribution >= 0.6 is 11.6 Å². The van der Waals surface area contributed by atoms with Crippen LogP contribution in [0.1, 0.15) is 51.3 Å². The van der Waals surface area contributed by atoms with Gasteiger partial charge in [0.25, 0.3) is 0 Å². The Balaban J connectivity index is 1.55. The summed E-state index contributed by atoms with van der Waals surface area (Å²) in [5, 5.41) is 10.4. The fourth-order valence-electron chi connectivity index (χ4n) is 3.89. The van der Waals surface area contributed by atoms with Crippen molar-refractivity contribution in [1.29, 1.82) is 0 Å². The number of fused-ring (bicyclic) bond motifs is 1. The predicted molar refractivity (Wildman–Crippen MR) is 139 cm³/mol. The zero-order chi connectivity index (χ0) is 25.5. The van der Waals surface area contributed by atoms with Crippen molar-refractivity contribution in [3.8, 4) is 23.0 Å². The largest absolute Gasteiger partial charge is 0.493 e. The fraction of sp³-hybridized carbons (Fsp3) is 0.407. The number of halogens is 1. The third-order valence-corrected chi connectivity index (χ3v) is 6.56.